The molecule has 1 aromatic rings. The van der Waals surface area contributed by atoms with Crippen LogP contribution in [0.25, 0.3) is 0 Å². The Morgan fingerprint density at radius 3 is 2.76 bits per heavy atom. The molecule has 0 aliphatic carbocycles. The van der Waals surface area contributed by atoms with Crippen molar-refractivity contribution in [3.8, 4) is 5.75 Å². The van der Waals surface area contributed by atoms with Crippen molar-refractivity contribution in [2.45, 2.75) is 19.4 Å². The molecule has 1 fully saturated rings. The molecule has 1 amide bonds. The average molecular weight is 299 g/mol. The first-order valence-corrected chi connectivity index (χ1v) is 6.25. The number of hydrogen-bond acceptors (Lipinski definition) is 3. The minimum Gasteiger partial charge on any atom is -0.478 e. The van der Waals surface area contributed by atoms with Crippen LogP contribution in [0.3, 0.4) is 0 Å². The molecule has 2 rings (SSSR count). The Kier molecular flexibility index (Phi) is 3.28. The van der Waals surface area contributed by atoms with Crippen LogP contribution in [0.15, 0.2) is 16.6 Å². The van der Waals surface area contributed by atoms with Crippen molar-refractivity contribution >= 4 is 27.5 Å². The van der Waals surface area contributed by atoms with E-state index in [2.05, 4.69) is 15.9 Å². The normalized spacial score (nSPS) is 19.8. The van der Waals surface area contributed by atoms with Gasteiger partial charge in [0.15, 0.2) is 6.10 Å². The van der Waals surface area contributed by atoms with E-state index < -0.39 is 6.10 Å². The number of nitrogen functional groups attached to an aromatic ring is 1. The molecule has 1 aromatic carbocycles. The van der Waals surface area contributed by atoms with E-state index >= 15 is 0 Å². The van der Waals surface area contributed by atoms with Crippen LogP contribution in [-0.2, 0) is 4.79 Å². The monoisotopic (exact) mass is 298 g/mol. The Hall–Kier alpha value is -1.23. The van der Waals surface area contributed by atoms with Gasteiger partial charge in [0.05, 0.1) is 5.69 Å². The summed E-state index contributed by atoms with van der Waals surface area (Å²) in [7, 11) is 1.78. The van der Waals surface area contributed by atoms with Gasteiger partial charge in [-0.05, 0) is 24.6 Å². The quantitative estimate of drug-likeness (QED) is 0.849. The summed E-state index contributed by atoms with van der Waals surface area (Å²) in [4.78, 5) is 13.4. The van der Waals surface area contributed by atoms with Crippen LogP contribution in [0.2, 0.25) is 0 Å². The zero-order chi connectivity index (χ0) is 12.6. The molecule has 0 bridgehead atoms. The largest absolute Gasteiger partial charge is 0.478 e. The minimum absolute atomic E-state index is 0.0201. The number of nitrogens with two attached hydrogens (primary N) is 1. The van der Waals surface area contributed by atoms with Gasteiger partial charge in [-0.1, -0.05) is 15.9 Å². The van der Waals surface area contributed by atoms with Crippen LogP contribution in [-0.4, -0.2) is 30.5 Å². The number of carbonyl (C=O) groups is 1. The lowest BCUT2D eigenvalue weighted by Crippen LogP contribution is -2.29. The summed E-state index contributed by atoms with van der Waals surface area (Å²) in [5.41, 5.74) is 7.39. The topological polar surface area (TPSA) is 55.6 Å². The number of aryl methyl sites for hydroxylation is 1. The number of carbonyl (C=O) groups excluding carboxylic acids is 1. The predicted molar refractivity (Wildman–Crippen MR) is 70.0 cm³/mol. The van der Waals surface area contributed by atoms with Crippen LogP contribution in [0.4, 0.5) is 5.69 Å². The van der Waals surface area contributed by atoms with Gasteiger partial charge in [0.2, 0.25) is 0 Å². The van der Waals surface area contributed by atoms with E-state index in [4.69, 9.17) is 10.5 Å². The summed E-state index contributed by atoms with van der Waals surface area (Å²) in [5, 5.41) is 0. The van der Waals surface area contributed by atoms with E-state index in [9.17, 15) is 4.79 Å². The summed E-state index contributed by atoms with van der Waals surface area (Å²) in [6, 6.07) is 3.71. The second-order valence-electron chi connectivity index (χ2n) is 4.30. The van der Waals surface area contributed by atoms with E-state index in [-0.39, 0.29) is 5.91 Å². The van der Waals surface area contributed by atoms with Crippen molar-refractivity contribution in [3.05, 3.63) is 22.2 Å². The molecule has 2 N–H and O–H groups in total. The number of rotatable bonds is 2. The number of likely N-dealkylation sites (tertiary alicyclic amines) is 1. The van der Waals surface area contributed by atoms with E-state index in [1.54, 1.807) is 18.0 Å². The lowest BCUT2D eigenvalue weighted by atomic mass is 10.2. The van der Waals surface area contributed by atoms with Crippen molar-refractivity contribution in [3.63, 3.8) is 0 Å². The average Bonchev–Trinajstić information content (AvgIpc) is 2.54. The smallest absolute Gasteiger partial charge is 0.263 e. The standard InChI is InChI=1S/C12H15BrN2O2/c1-7-5-8(13)6-9(14)11(7)17-10-3-4-15(2)12(10)16/h5-6,10H,3-4,14H2,1-2H3. The Morgan fingerprint density at radius 1 is 1.53 bits per heavy atom. The van der Waals surface area contributed by atoms with Gasteiger partial charge < -0.3 is 15.4 Å². The first-order valence-electron chi connectivity index (χ1n) is 5.46. The zero-order valence-electron chi connectivity index (χ0n) is 9.87. The molecule has 4 nitrogen and oxygen atoms in total. The molecule has 1 aliphatic heterocycles. The van der Waals surface area contributed by atoms with Gasteiger partial charge >= 0.3 is 0 Å². The third-order valence-corrected chi connectivity index (χ3v) is 3.36. The summed E-state index contributed by atoms with van der Waals surface area (Å²) >= 11 is 3.37. The SMILES string of the molecule is Cc1cc(Br)cc(N)c1OC1CCN(C)C1=O. The van der Waals surface area contributed by atoms with Crippen molar-refractivity contribution < 1.29 is 9.53 Å². The van der Waals surface area contributed by atoms with Gasteiger partial charge in [-0.3, -0.25) is 4.79 Å². The lowest BCUT2D eigenvalue weighted by molar-refractivity contribution is -0.132. The first-order chi connectivity index (χ1) is 7.99. The van der Waals surface area contributed by atoms with Crippen LogP contribution in [0.1, 0.15) is 12.0 Å². The Balaban J connectivity index is 2.22. The second kappa shape index (κ2) is 4.56. The van der Waals surface area contributed by atoms with Gasteiger partial charge in [0.25, 0.3) is 5.91 Å². The van der Waals surface area contributed by atoms with Crippen molar-refractivity contribution in [2.24, 2.45) is 0 Å². The number of ether oxygens (including phenoxy) is 1. The third kappa shape index (κ3) is 2.39. The number of halogens is 1. The molecule has 0 aromatic heterocycles. The molecular weight excluding hydrogens is 284 g/mol. The van der Waals surface area contributed by atoms with Crippen LogP contribution < -0.4 is 10.5 Å². The fraction of sp³-hybridized carbons (Fsp3) is 0.417. The van der Waals surface area contributed by atoms with Crippen LogP contribution in [0, 0.1) is 6.92 Å². The molecule has 0 spiro atoms. The summed E-state index contributed by atoms with van der Waals surface area (Å²) in [6.45, 7) is 2.65. The molecule has 92 valence electrons. The summed E-state index contributed by atoms with van der Waals surface area (Å²) < 4.78 is 6.65. The Morgan fingerprint density at radius 2 is 2.24 bits per heavy atom. The summed E-state index contributed by atoms with van der Waals surface area (Å²) in [5.74, 6) is 0.633. The molecule has 0 radical (unpaired) electrons. The van der Waals surface area contributed by atoms with E-state index in [0.29, 0.717) is 17.9 Å². The number of likely N-dealkylation sites (N-methyl/N-ethyl adjacent to an activating group) is 1. The molecule has 17 heavy (non-hydrogen) atoms. The third-order valence-electron chi connectivity index (χ3n) is 2.91. The Bertz CT molecular complexity index is 439. The molecule has 1 unspecified atom stereocenters. The highest BCUT2D eigenvalue weighted by atomic mass is 79.9. The molecular formula is C12H15BrN2O2. The number of nitrogens with zero attached hydrogens (tertiary/aromatic N) is 1. The van der Waals surface area contributed by atoms with Crippen molar-refractivity contribution in [1.82, 2.24) is 4.90 Å². The number of amides is 1. The molecule has 0 saturated carbocycles. The highest BCUT2D eigenvalue weighted by Gasteiger charge is 2.31. The number of hydrogen-bond donors (Lipinski definition) is 1. The second-order valence-corrected chi connectivity index (χ2v) is 5.21. The van der Waals surface area contributed by atoms with Gasteiger partial charge in [-0.2, -0.15) is 0 Å². The maximum Gasteiger partial charge on any atom is 0.263 e. The van der Waals surface area contributed by atoms with E-state index in [1.165, 1.54) is 0 Å². The lowest BCUT2D eigenvalue weighted by Gasteiger charge is -2.16. The fourth-order valence-electron chi connectivity index (χ4n) is 1.96. The fourth-order valence-corrected chi connectivity index (χ4v) is 2.55. The zero-order valence-corrected chi connectivity index (χ0v) is 11.5. The molecule has 5 heteroatoms. The minimum atomic E-state index is -0.401. The van der Waals surface area contributed by atoms with Crippen LogP contribution >= 0.6 is 15.9 Å². The van der Waals surface area contributed by atoms with Crippen molar-refractivity contribution in [1.29, 1.82) is 0 Å². The highest BCUT2D eigenvalue weighted by Crippen LogP contribution is 2.32. The van der Waals surface area contributed by atoms with Crippen LogP contribution in [0.5, 0.6) is 5.75 Å². The molecule has 1 heterocycles. The van der Waals surface area contributed by atoms with Crippen molar-refractivity contribution in [2.75, 3.05) is 19.3 Å². The molecule has 1 atom stereocenters. The number of anilines is 1. The van der Waals surface area contributed by atoms with Gasteiger partial charge in [0, 0.05) is 24.5 Å². The highest BCUT2D eigenvalue weighted by molar-refractivity contribution is 9.10. The molecule has 1 saturated heterocycles. The maximum atomic E-state index is 11.8. The first kappa shape index (κ1) is 12.2. The maximum absolute atomic E-state index is 11.8. The predicted octanol–water partition coefficient (Wildman–Crippen LogP) is 1.95. The van der Waals surface area contributed by atoms with E-state index in [0.717, 1.165) is 16.6 Å². The van der Waals surface area contributed by atoms with E-state index in [1.807, 2.05) is 13.0 Å². The Labute approximate surface area is 109 Å². The summed E-state index contributed by atoms with van der Waals surface area (Å²) in [6.07, 6.45) is 0.312. The van der Waals surface area contributed by atoms with Gasteiger partial charge in [0.1, 0.15) is 5.75 Å². The molecule has 1 aliphatic rings. The van der Waals surface area contributed by atoms with Gasteiger partial charge in [-0.25, -0.2) is 0 Å². The van der Waals surface area contributed by atoms with Gasteiger partial charge in [-0.15, -0.1) is 0 Å². The number of benzene rings is 1.